The zero-order chi connectivity index (χ0) is 11.0. The third-order valence-electron chi connectivity index (χ3n) is 3.15. The molecule has 0 amide bonds. The number of nitrogens with two attached hydrogens (primary N) is 1. The second-order valence-electron chi connectivity index (χ2n) is 4.53. The minimum atomic E-state index is 0.504. The predicted octanol–water partition coefficient (Wildman–Crippen LogP) is 3.44. The fourth-order valence-corrected chi connectivity index (χ4v) is 1.84. The predicted molar refractivity (Wildman–Crippen MR) is 65.9 cm³/mol. The molecule has 2 rings (SSSR count). The lowest BCUT2D eigenvalue weighted by molar-refractivity contribution is 0.418. The van der Waals surface area contributed by atoms with Crippen molar-refractivity contribution in [3.63, 3.8) is 0 Å². The molecule has 0 bridgehead atoms. The molecule has 0 fully saturated rings. The van der Waals surface area contributed by atoms with Crippen LogP contribution in [0.1, 0.15) is 26.8 Å². The Hall–Kier alpha value is -1.44. The van der Waals surface area contributed by atoms with E-state index in [2.05, 4.69) is 43.7 Å². The van der Waals surface area contributed by atoms with Gasteiger partial charge in [0.1, 0.15) is 0 Å². The van der Waals surface area contributed by atoms with Crippen LogP contribution < -0.4 is 5.73 Å². The van der Waals surface area contributed by atoms with E-state index in [1.54, 1.807) is 0 Å². The summed E-state index contributed by atoms with van der Waals surface area (Å²) in [5.74, 6) is 0.627. The molecule has 2 heteroatoms. The smallest absolute Gasteiger partial charge is 0.0503 e. The highest BCUT2D eigenvalue weighted by Gasteiger charge is 2.11. The van der Waals surface area contributed by atoms with Crippen LogP contribution in [0.2, 0.25) is 0 Å². The lowest BCUT2D eigenvalue weighted by Crippen LogP contribution is -2.10. The molecule has 0 aliphatic rings. The molecular formula is C13H18N2. The number of fused-ring (bicyclic) bond motifs is 1. The van der Waals surface area contributed by atoms with Crippen LogP contribution in [-0.2, 0) is 0 Å². The molecule has 1 unspecified atom stereocenters. The van der Waals surface area contributed by atoms with Crippen LogP contribution in [0.3, 0.4) is 0 Å². The van der Waals surface area contributed by atoms with Gasteiger partial charge in [0.05, 0.1) is 5.52 Å². The Morgan fingerprint density at radius 1 is 1.13 bits per heavy atom. The van der Waals surface area contributed by atoms with Gasteiger partial charge >= 0.3 is 0 Å². The van der Waals surface area contributed by atoms with Crippen molar-refractivity contribution in [2.24, 2.45) is 5.92 Å². The molecule has 1 aromatic heterocycles. The molecule has 2 N–H and O–H groups in total. The van der Waals surface area contributed by atoms with E-state index in [9.17, 15) is 0 Å². The number of rotatable bonds is 2. The van der Waals surface area contributed by atoms with Gasteiger partial charge in [0.25, 0.3) is 0 Å². The molecule has 1 heterocycles. The SMILES string of the molecule is CC(C)C(C)n1ccc2ccc(N)cc21. The van der Waals surface area contributed by atoms with Crippen LogP contribution in [0.4, 0.5) is 5.69 Å². The second-order valence-corrected chi connectivity index (χ2v) is 4.53. The van der Waals surface area contributed by atoms with Gasteiger partial charge in [-0.25, -0.2) is 0 Å². The average molecular weight is 202 g/mol. The molecule has 0 saturated carbocycles. The second kappa shape index (κ2) is 3.61. The normalized spacial score (nSPS) is 13.6. The molecule has 80 valence electrons. The lowest BCUT2D eigenvalue weighted by atomic mass is 10.1. The monoisotopic (exact) mass is 202 g/mol. The van der Waals surface area contributed by atoms with Gasteiger partial charge in [-0.15, -0.1) is 0 Å². The van der Waals surface area contributed by atoms with Gasteiger partial charge in [-0.3, -0.25) is 0 Å². The van der Waals surface area contributed by atoms with Crippen molar-refractivity contribution in [2.75, 3.05) is 5.73 Å². The Labute approximate surface area is 90.7 Å². The number of nitrogen functional groups attached to an aromatic ring is 1. The third kappa shape index (κ3) is 1.72. The van der Waals surface area contributed by atoms with Crippen molar-refractivity contribution < 1.29 is 0 Å². The Morgan fingerprint density at radius 2 is 1.87 bits per heavy atom. The van der Waals surface area contributed by atoms with Crippen LogP contribution in [0.25, 0.3) is 10.9 Å². The first kappa shape index (κ1) is 10.1. The molecule has 0 aliphatic carbocycles. The first-order valence-corrected chi connectivity index (χ1v) is 5.45. The summed E-state index contributed by atoms with van der Waals surface area (Å²) in [5.41, 5.74) is 7.88. The summed E-state index contributed by atoms with van der Waals surface area (Å²) in [6, 6.07) is 8.73. The van der Waals surface area contributed by atoms with Gasteiger partial charge in [0.2, 0.25) is 0 Å². The van der Waals surface area contributed by atoms with E-state index < -0.39 is 0 Å². The van der Waals surface area contributed by atoms with E-state index in [-0.39, 0.29) is 0 Å². The summed E-state index contributed by atoms with van der Waals surface area (Å²) < 4.78 is 2.30. The van der Waals surface area contributed by atoms with Crippen LogP contribution in [0.15, 0.2) is 30.5 Å². The van der Waals surface area contributed by atoms with Gasteiger partial charge in [-0.1, -0.05) is 19.9 Å². The summed E-state index contributed by atoms with van der Waals surface area (Å²) in [6.45, 7) is 6.72. The van der Waals surface area contributed by atoms with Crippen molar-refractivity contribution in [1.29, 1.82) is 0 Å². The molecule has 15 heavy (non-hydrogen) atoms. The van der Waals surface area contributed by atoms with Crippen LogP contribution in [0, 0.1) is 5.92 Å². The van der Waals surface area contributed by atoms with E-state index in [1.165, 1.54) is 10.9 Å². The molecule has 2 aromatic rings. The fraction of sp³-hybridized carbons (Fsp3) is 0.385. The zero-order valence-corrected chi connectivity index (χ0v) is 9.57. The Kier molecular flexibility index (Phi) is 2.43. The van der Waals surface area contributed by atoms with E-state index in [0.717, 1.165) is 5.69 Å². The summed E-state index contributed by atoms with van der Waals surface area (Å²) >= 11 is 0. The van der Waals surface area contributed by atoms with Crippen molar-refractivity contribution in [3.8, 4) is 0 Å². The number of nitrogens with zero attached hydrogens (tertiary/aromatic N) is 1. The van der Waals surface area contributed by atoms with Gasteiger partial charge in [0, 0.05) is 17.9 Å². The van der Waals surface area contributed by atoms with Gasteiger partial charge in [-0.05, 0) is 36.4 Å². The lowest BCUT2D eigenvalue weighted by Gasteiger charge is -2.19. The standard InChI is InChI=1S/C13H18N2/c1-9(2)10(3)15-7-6-11-4-5-12(14)8-13(11)15/h4-10H,14H2,1-3H3. The van der Waals surface area contributed by atoms with Gasteiger partial charge in [0.15, 0.2) is 0 Å². The van der Waals surface area contributed by atoms with Gasteiger partial charge < -0.3 is 10.3 Å². The maximum atomic E-state index is 5.81. The number of aromatic nitrogens is 1. The van der Waals surface area contributed by atoms with Crippen molar-refractivity contribution in [2.45, 2.75) is 26.8 Å². The minimum Gasteiger partial charge on any atom is -0.399 e. The Bertz CT molecular complexity index is 468. The van der Waals surface area contributed by atoms with E-state index >= 15 is 0 Å². The maximum absolute atomic E-state index is 5.81. The van der Waals surface area contributed by atoms with E-state index in [1.807, 2.05) is 12.1 Å². The van der Waals surface area contributed by atoms with Crippen LogP contribution in [0.5, 0.6) is 0 Å². The average Bonchev–Trinajstić information content (AvgIpc) is 2.59. The quantitative estimate of drug-likeness (QED) is 0.743. The van der Waals surface area contributed by atoms with Crippen molar-refractivity contribution in [3.05, 3.63) is 30.5 Å². The highest BCUT2D eigenvalue weighted by Crippen LogP contribution is 2.25. The summed E-state index contributed by atoms with van der Waals surface area (Å²) in [5, 5.41) is 1.26. The highest BCUT2D eigenvalue weighted by molar-refractivity contribution is 5.83. The maximum Gasteiger partial charge on any atom is 0.0503 e. The number of benzene rings is 1. The van der Waals surface area contributed by atoms with Crippen molar-refractivity contribution >= 4 is 16.6 Å². The fourth-order valence-electron chi connectivity index (χ4n) is 1.84. The molecule has 0 saturated heterocycles. The summed E-state index contributed by atoms with van der Waals surface area (Å²) in [4.78, 5) is 0. The molecule has 0 spiro atoms. The van der Waals surface area contributed by atoms with E-state index in [4.69, 9.17) is 5.73 Å². The Balaban J connectivity index is 2.56. The molecule has 0 aliphatic heterocycles. The topological polar surface area (TPSA) is 30.9 Å². The molecule has 0 radical (unpaired) electrons. The van der Waals surface area contributed by atoms with Crippen LogP contribution >= 0.6 is 0 Å². The highest BCUT2D eigenvalue weighted by atomic mass is 15.0. The van der Waals surface area contributed by atoms with Crippen molar-refractivity contribution in [1.82, 2.24) is 4.57 Å². The minimum absolute atomic E-state index is 0.504. The number of hydrogen-bond acceptors (Lipinski definition) is 1. The van der Waals surface area contributed by atoms with E-state index in [0.29, 0.717) is 12.0 Å². The number of anilines is 1. The summed E-state index contributed by atoms with van der Waals surface area (Å²) in [6.07, 6.45) is 2.15. The molecule has 2 nitrogen and oxygen atoms in total. The van der Waals surface area contributed by atoms with Crippen LogP contribution in [-0.4, -0.2) is 4.57 Å². The Morgan fingerprint density at radius 3 is 2.53 bits per heavy atom. The first-order valence-electron chi connectivity index (χ1n) is 5.45. The molecule has 1 atom stereocenters. The first-order chi connectivity index (χ1) is 7.09. The third-order valence-corrected chi connectivity index (χ3v) is 3.15. The molecule has 1 aromatic carbocycles. The molecular weight excluding hydrogens is 184 g/mol. The zero-order valence-electron chi connectivity index (χ0n) is 9.57. The number of hydrogen-bond donors (Lipinski definition) is 1. The largest absolute Gasteiger partial charge is 0.399 e. The van der Waals surface area contributed by atoms with Gasteiger partial charge in [-0.2, -0.15) is 0 Å². The summed E-state index contributed by atoms with van der Waals surface area (Å²) in [7, 11) is 0.